The minimum absolute atomic E-state index is 0.00660. The second-order valence-electron chi connectivity index (χ2n) is 10.2. The van der Waals surface area contributed by atoms with Crippen molar-refractivity contribution >= 4 is 39.1 Å². The Balaban J connectivity index is 1.62. The lowest BCUT2D eigenvalue weighted by atomic mass is 9.78. The molecule has 2 aromatic carbocycles. The minimum Gasteiger partial charge on any atom is -0.495 e. The maximum Gasteiger partial charge on any atom is 0.246 e. The second kappa shape index (κ2) is 12.5. The van der Waals surface area contributed by atoms with Crippen LogP contribution in [0.25, 0.3) is 0 Å². The Hall–Kier alpha value is -2.24. The molecule has 2 saturated heterocycles. The van der Waals surface area contributed by atoms with Gasteiger partial charge in [0.2, 0.25) is 15.9 Å². The maximum absolute atomic E-state index is 13.9. The molecule has 2 heterocycles. The maximum atomic E-state index is 13.9. The summed E-state index contributed by atoms with van der Waals surface area (Å²) in [6, 6.07) is 9.81. The summed E-state index contributed by atoms with van der Waals surface area (Å²) in [5.41, 5.74) is -0.727. The highest BCUT2D eigenvalue weighted by molar-refractivity contribution is 7.89. The van der Waals surface area contributed by atoms with Crippen molar-refractivity contribution in [1.29, 1.82) is 0 Å². The monoisotopic (exact) mass is 599 g/mol. The van der Waals surface area contributed by atoms with Gasteiger partial charge in [0, 0.05) is 62.2 Å². The van der Waals surface area contributed by atoms with E-state index in [0.717, 1.165) is 13.1 Å². The molecule has 2 aromatic rings. The molecule has 0 unspecified atom stereocenters. The fourth-order valence-electron chi connectivity index (χ4n) is 5.11. The van der Waals surface area contributed by atoms with Crippen LogP contribution in [0.4, 0.5) is 0 Å². The molecule has 1 amide bonds. The summed E-state index contributed by atoms with van der Waals surface area (Å²) >= 11 is 12.3. The van der Waals surface area contributed by atoms with E-state index >= 15 is 0 Å². The Morgan fingerprint density at radius 3 is 2.28 bits per heavy atom. The predicted molar refractivity (Wildman–Crippen MR) is 151 cm³/mol. The van der Waals surface area contributed by atoms with Gasteiger partial charge in [-0.25, -0.2) is 8.42 Å². The summed E-state index contributed by atoms with van der Waals surface area (Å²) in [7, 11) is 0.868. The number of carbonyl (C=O) groups excluding carboxylic acids is 1. The van der Waals surface area contributed by atoms with Crippen LogP contribution in [0, 0.1) is 5.41 Å². The molecule has 39 heavy (non-hydrogen) atoms. The molecule has 1 atom stereocenters. The molecule has 4 rings (SSSR count). The Morgan fingerprint density at radius 1 is 0.974 bits per heavy atom. The lowest BCUT2D eigenvalue weighted by Gasteiger charge is -2.43. The number of carbonyl (C=O) groups is 1. The van der Waals surface area contributed by atoms with E-state index in [1.807, 2.05) is 11.9 Å². The third-order valence-electron chi connectivity index (χ3n) is 7.42. The molecule has 0 saturated carbocycles. The average molecular weight is 601 g/mol. The largest absolute Gasteiger partial charge is 0.495 e. The van der Waals surface area contributed by atoms with Crippen molar-refractivity contribution in [3.63, 3.8) is 0 Å². The quantitative estimate of drug-likeness (QED) is 0.430. The molecule has 2 fully saturated rings. The molecule has 9 nitrogen and oxygen atoms in total. The van der Waals surface area contributed by atoms with Gasteiger partial charge in [-0.05, 0) is 50.2 Å². The first-order chi connectivity index (χ1) is 18.6. The van der Waals surface area contributed by atoms with Crippen molar-refractivity contribution in [2.24, 2.45) is 5.41 Å². The van der Waals surface area contributed by atoms with Crippen LogP contribution in [0.3, 0.4) is 0 Å². The van der Waals surface area contributed by atoms with Crippen molar-refractivity contribution in [2.45, 2.75) is 24.2 Å². The van der Waals surface area contributed by atoms with Crippen LogP contribution in [-0.2, 0) is 14.8 Å². The highest BCUT2D eigenvalue weighted by Gasteiger charge is 2.44. The molecule has 2 aliphatic rings. The summed E-state index contributed by atoms with van der Waals surface area (Å²) in [4.78, 5) is 17.5. The van der Waals surface area contributed by atoms with Crippen LogP contribution in [0.15, 0.2) is 41.3 Å². The van der Waals surface area contributed by atoms with E-state index in [-0.39, 0.29) is 41.1 Å². The van der Waals surface area contributed by atoms with Crippen LogP contribution in [0.1, 0.15) is 19.3 Å². The van der Waals surface area contributed by atoms with Crippen molar-refractivity contribution in [3.8, 4) is 17.2 Å². The number of rotatable bonds is 9. The topological polar surface area (TPSA) is 88.6 Å². The highest BCUT2D eigenvalue weighted by atomic mass is 35.5. The number of hydrogen-bond acceptors (Lipinski definition) is 7. The van der Waals surface area contributed by atoms with Crippen molar-refractivity contribution in [2.75, 3.05) is 67.1 Å². The first kappa shape index (κ1) is 29.7. The third-order valence-corrected chi connectivity index (χ3v) is 9.84. The zero-order valence-corrected chi connectivity index (χ0v) is 24.8. The van der Waals surface area contributed by atoms with Gasteiger partial charge in [-0.2, -0.15) is 4.31 Å². The van der Waals surface area contributed by atoms with E-state index < -0.39 is 15.4 Å². The first-order valence-corrected chi connectivity index (χ1v) is 15.0. The molecule has 12 heteroatoms. The average Bonchev–Trinajstić information content (AvgIpc) is 2.93. The summed E-state index contributed by atoms with van der Waals surface area (Å²) < 4.78 is 46.1. The molecule has 0 radical (unpaired) electrons. The smallest absolute Gasteiger partial charge is 0.246 e. The van der Waals surface area contributed by atoms with E-state index in [1.165, 1.54) is 30.7 Å². The SMILES string of the molecule is COc1cc(OC)c(S(=O)(=O)N2CCC[C@](COc3ccc(Cl)cc3)(CC(=O)N3CCN(C)CC3)C2)cc1Cl. The fraction of sp³-hybridized carbons (Fsp3) is 0.519. The number of piperazine rings is 1. The van der Waals surface area contributed by atoms with E-state index in [4.69, 9.17) is 37.4 Å². The van der Waals surface area contributed by atoms with Gasteiger partial charge < -0.3 is 24.0 Å². The Bertz CT molecular complexity index is 1270. The van der Waals surface area contributed by atoms with Gasteiger partial charge >= 0.3 is 0 Å². The predicted octanol–water partition coefficient (Wildman–Crippen LogP) is 4.02. The van der Waals surface area contributed by atoms with Gasteiger partial charge in [0.15, 0.2) is 0 Å². The molecule has 0 N–H and O–H groups in total. The van der Waals surface area contributed by atoms with Gasteiger partial charge in [0.1, 0.15) is 22.1 Å². The number of benzene rings is 2. The Kier molecular flexibility index (Phi) is 9.54. The zero-order chi connectivity index (χ0) is 28.2. The van der Waals surface area contributed by atoms with E-state index in [1.54, 1.807) is 24.3 Å². The van der Waals surface area contributed by atoms with Crippen LogP contribution in [0.2, 0.25) is 10.0 Å². The van der Waals surface area contributed by atoms with E-state index in [9.17, 15) is 13.2 Å². The number of hydrogen-bond donors (Lipinski definition) is 0. The number of amides is 1. The van der Waals surface area contributed by atoms with Crippen molar-refractivity contribution < 1.29 is 27.4 Å². The van der Waals surface area contributed by atoms with Gasteiger partial charge in [-0.1, -0.05) is 23.2 Å². The van der Waals surface area contributed by atoms with Gasteiger partial charge in [0.05, 0.1) is 25.8 Å². The van der Waals surface area contributed by atoms with Gasteiger partial charge in [-0.3, -0.25) is 4.79 Å². The molecule has 0 aliphatic carbocycles. The van der Waals surface area contributed by atoms with Crippen LogP contribution in [-0.4, -0.2) is 95.6 Å². The first-order valence-electron chi connectivity index (χ1n) is 12.8. The third kappa shape index (κ3) is 6.92. The van der Waals surface area contributed by atoms with Gasteiger partial charge in [-0.15, -0.1) is 0 Å². The number of ether oxygens (including phenoxy) is 3. The van der Waals surface area contributed by atoms with E-state index in [2.05, 4.69) is 4.90 Å². The molecule has 0 bridgehead atoms. The van der Waals surface area contributed by atoms with Crippen molar-refractivity contribution in [3.05, 3.63) is 46.4 Å². The second-order valence-corrected chi connectivity index (χ2v) is 12.9. The summed E-state index contributed by atoms with van der Waals surface area (Å²) in [5, 5.41) is 0.751. The number of likely N-dealkylation sites (N-methyl/N-ethyl adjacent to an activating group) is 1. The fourth-order valence-corrected chi connectivity index (χ4v) is 7.30. The van der Waals surface area contributed by atoms with Crippen LogP contribution in [0.5, 0.6) is 17.2 Å². The summed E-state index contributed by atoms with van der Waals surface area (Å²) in [5.74, 6) is 1.06. The molecule has 0 spiro atoms. The Labute approximate surface area is 240 Å². The Morgan fingerprint density at radius 2 is 1.64 bits per heavy atom. The number of methoxy groups -OCH3 is 2. The number of sulfonamides is 1. The van der Waals surface area contributed by atoms with Crippen molar-refractivity contribution in [1.82, 2.24) is 14.1 Å². The van der Waals surface area contributed by atoms with E-state index in [0.29, 0.717) is 49.0 Å². The molecule has 214 valence electrons. The number of nitrogens with zero attached hydrogens (tertiary/aromatic N) is 3. The summed E-state index contributed by atoms with van der Waals surface area (Å²) in [6.45, 7) is 3.51. The molecule has 2 aliphatic heterocycles. The molecule has 0 aromatic heterocycles. The zero-order valence-electron chi connectivity index (χ0n) is 22.5. The minimum atomic E-state index is -4.02. The van der Waals surface area contributed by atoms with Crippen LogP contribution < -0.4 is 14.2 Å². The van der Waals surface area contributed by atoms with Gasteiger partial charge in [0.25, 0.3) is 0 Å². The number of piperidine rings is 1. The summed E-state index contributed by atoms with van der Waals surface area (Å²) in [6.07, 6.45) is 1.40. The lowest BCUT2D eigenvalue weighted by Crippen LogP contribution is -2.53. The molecular formula is C27H35Cl2N3O6S. The standard InChI is InChI=1S/C27H35Cl2N3O6S/c1-30-11-13-31(14-12-30)26(33)17-27(19-38-21-7-5-20(28)6-8-21)9-4-10-32(18-27)39(34,35)25-15-22(29)23(36-2)16-24(25)37-3/h5-8,15-16H,4,9-14,17-19H2,1-3H3/t27-/m0/s1. The molecular weight excluding hydrogens is 565 g/mol. The number of halogens is 2. The lowest BCUT2D eigenvalue weighted by molar-refractivity contribution is -0.136. The highest BCUT2D eigenvalue weighted by Crippen LogP contribution is 2.41. The van der Waals surface area contributed by atoms with Crippen LogP contribution >= 0.6 is 23.2 Å². The normalized spacial score (nSPS) is 21.0.